The predicted molar refractivity (Wildman–Crippen MR) is 47.3 cm³/mol. The van der Waals surface area contributed by atoms with Crippen LogP contribution in [0.5, 0.6) is 0 Å². The van der Waals surface area contributed by atoms with E-state index in [-0.39, 0.29) is 6.73 Å². The summed E-state index contributed by atoms with van der Waals surface area (Å²) in [6.45, 7) is -0.126. The van der Waals surface area contributed by atoms with Crippen LogP contribution in [-0.2, 0) is 6.73 Å². The molecule has 0 atom stereocenters. The van der Waals surface area contributed by atoms with Crippen LogP contribution in [-0.4, -0.2) is 20.9 Å². The smallest absolute Gasteiger partial charge is 0.150 e. The van der Waals surface area contributed by atoms with Crippen LogP contribution >= 0.6 is 0 Å². The quantitative estimate of drug-likeness (QED) is 0.688. The average molecular weight is 176 g/mol. The van der Waals surface area contributed by atoms with Crippen molar-refractivity contribution in [2.24, 2.45) is 0 Å². The van der Waals surface area contributed by atoms with Gasteiger partial charge in [0.05, 0.1) is 0 Å². The predicted octanol–water partition coefficient (Wildman–Crippen LogP) is 0.799. The highest BCUT2D eigenvalue weighted by Crippen LogP contribution is 2.15. The third-order valence-corrected chi connectivity index (χ3v) is 1.98. The Balaban J connectivity index is 2.79. The van der Waals surface area contributed by atoms with Crippen LogP contribution in [0.4, 0.5) is 0 Å². The molecule has 0 bridgehead atoms. The van der Waals surface area contributed by atoms with Crippen LogP contribution in [0.1, 0.15) is 10.4 Å². The van der Waals surface area contributed by atoms with Crippen molar-refractivity contribution in [2.45, 2.75) is 6.73 Å². The van der Waals surface area contributed by atoms with Gasteiger partial charge in [0.15, 0.2) is 6.29 Å². The Labute approximate surface area is 74.4 Å². The van der Waals surface area contributed by atoms with Crippen LogP contribution < -0.4 is 0 Å². The van der Waals surface area contributed by atoms with E-state index in [2.05, 4.69) is 4.98 Å². The van der Waals surface area contributed by atoms with Gasteiger partial charge in [-0.3, -0.25) is 4.79 Å². The van der Waals surface area contributed by atoms with E-state index >= 15 is 0 Å². The highest BCUT2D eigenvalue weighted by Gasteiger charge is 2.04. The van der Waals surface area contributed by atoms with E-state index in [1.807, 2.05) is 0 Å². The van der Waals surface area contributed by atoms with Gasteiger partial charge in [-0.05, 0) is 12.1 Å². The number of carbonyl (C=O) groups excluding carboxylic acids is 1. The van der Waals surface area contributed by atoms with Crippen molar-refractivity contribution in [3.05, 3.63) is 30.1 Å². The lowest BCUT2D eigenvalue weighted by Crippen LogP contribution is -1.95. The van der Waals surface area contributed by atoms with Crippen LogP contribution in [0.25, 0.3) is 11.0 Å². The number of aliphatic hydroxyl groups is 1. The molecule has 66 valence electrons. The summed E-state index contributed by atoms with van der Waals surface area (Å²) in [4.78, 5) is 14.7. The standard InChI is InChI=1S/C9H8N2O2/c12-5-7-1-3-10-9-8(7)2-4-11(9)6-13/h1-5,13H,6H2. The Morgan fingerprint density at radius 1 is 1.54 bits per heavy atom. The molecule has 0 amide bonds. The summed E-state index contributed by atoms with van der Waals surface area (Å²) < 4.78 is 1.57. The van der Waals surface area contributed by atoms with Gasteiger partial charge < -0.3 is 9.67 Å². The van der Waals surface area contributed by atoms with Crippen molar-refractivity contribution in [3.8, 4) is 0 Å². The number of rotatable bonds is 2. The normalized spacial score (nSPS) is 10.5. The van der Waals surface area contributed by atoms with Gasteiger partial charge in [0.1, 0.15) is 12.4 Å². The zero-order valence-electron chi connectivity index (χ0n) is 6.84. The van der Waals surface area contributed by atoms with Gasteiger partial charge in [-0.2, -0.15) is 0 Å². The summed E-state index contributed by atoms with van der Waals surface area (Å²) >= 11 is 0. The van der Waals surface area contributed by atoms with E-state index in [9.17, 15) is 4.79 Å². The SMILES string of the molecule is O=Cc1ccnc2c1ccn2CO. The van der Waals surface area contributed by atoms with Gasteiger partial charge in [-0.25, -0.2) is 4.98 Å². The van der Waals surface area contributed by atoms with Crippen molar-refractivity contribution in [1.29, 1.82) is 0 Å². The summed E-state index contributed by atoms with van der Waals surface area (Å²) in [7, 11) is 0. The van der Waals surface area contributed by atoms with Gasteiger partial charge in [0.2, 0.25) is 0 Å². The highest BCUT2D eigenvalue weighted by atomic mass is 16.3. The van der Waals surface area contributed by atoms with Crippen molar-refractivity contribution in [3.63, 3.8) is 0 Å². The van der Waals surface area contributed by atoms with Crippen molar-refractivity contribution >= 4 is 17.3 Å². The summed E-state index contributed by atoms with van der Waals surface area (Å²) in [5, 5.41) is 9.69. The minimum atomic E-state index is -0.126. The Kier molecular flexibility index (Phi) is 1.83. The Morgan fingerprint density at radius 3 is 3.08 bits per heavy atom. The first kappa shape index (κ1) is 7.94. The van der Waals surface area contributed by atoms with Gasteiger partial charge >= 0.3 is 0 Å². The van der Waals surface area contributed by atoms with Crippen LogP contribution in [0, 0.1) is 0 Å². The molecule has 13 heavy (non-hydrogen) atoms. The van der Waals surface area contributed by atoms with E-state index < -0.39 is 0 Å². The van der Waals surface area contributed by atoms with E-state index in [1.165, 1.54) is 0 Å². The molecule has 4 heteroatoms. The number of hydrogen-bond acceptors (Lipinski definition) is 3. The topological polar surface area (TPSA) is 55.1 Å². The lowest BCUT2D eigenvalue weighted by Gasteiger charge is -1.98. The fourth-order valence-electron chi connectivity index (χ4n) is 1.33. The van der Waals surface area contributed by atoms with Crippen LogP contribution in [0.2, 0.25) is 0 Å². The highest BCUT2D eigenvalue weighted by molar-refractivity contribution is 5.95. The number of aldehydes is 1. The summed E-state index contributed by atoms with van der Waals surface area (Å²) in [5.74, 6) is 0. The molecule has 2 aromatic rings. The number of nitrogens with zero attached hydrogens (tertiary/aromatic N) is 2. The molecule has 0 unspecified atom stereocenters. The molecule has 0 spiro atoms. The number of pyridine rings is 1. The lowest BCUT2D eigenvalue weighted by molar-refractivity contribution is 0.112. The summed E-state index contributed by atoms with van der Waals surface area (Å²) in [6.07, 6.45) is 4.04. The number of aliphatic hydroxyl groups excluding tert-OH is 1. The van der Waals surface area contributed by atoms with Crippen LogP contribution in [0.3, 0.4) is 0 Å². The second-order valence-electron chi connectivity index (χ2n) is 2.68. The minimum absolute atomic E-state index is 0.126. The van der Waals surface area contributed by atoms with E-state index in [0.717, 1.165) is 11.7 Å². The fourth-order valence-corrected chi connectivity index (χ4v) is 1.33. The fraction of sp³-hybridized carbons (Fsp3) is 0.111. The van der Waals surface area contributed by atoms with E-state index in [1.54, 1.807) is 29.1 Å². The second kappa shape index (κ2) is 2.99. The first-order valence-corrected chi connectivity index (χ1v) is 3.86. The molecule has 0 radical (unpaired) electrons. The Hall–Kier alpha value is -1.68. The van der Waals surface area contributed by atoms with Crippen molar-refractivity contribution in [1.82, 2.24) is 9.55 Å². The monoisotopic (exact) mass is 176 g/mol. The molecule has 2 rings (SSSR count). The van der Waals surface area contributed by atoms with E-state index in [4.69, 9.17) is 5.11 Å². The zero-order valence-corrected chi connectivity index (χ0v) is 6.84. The largest absolute Gasteiger partial charge is 0.376 e. The maximum absolute atomic E-state index is 10.6. The van der Waals surface area contributed by atoms with Gasteiger partial charge in [0, 0.05) is 23.3 Å². The molecule has 0 saturated heterocycles. The molecule has 2 heterocycles. The van der Waals surface area contributed by atoms with Gasteiger partial charge in [0.25, 0.3) is 0 Å². The van der Waals surface area contributed by atoms with Crippen molar-refractivity contribution in [2.75, 3.05) is 0 Å². The minimum Gasteiger partial charge on any atom is -0.376 e. The molecule has 0 aliphatic carbocycles. The molecule has 0 aliphatic rings. The Bertz CT molecular complexity index is 448. The van der Waals surface area contributed by atoms with E-state index in [0.29, 0.717) is 11.2 Å². The molecule has 2 aromatic heterocycles. The van der Waals surface area contributed by atoms with Gasteiger partial charge in [-0.15, -0.1) is 0 Å². The van der Waals surface area contributed by atoms with Crippen molar-refractivity contribution < 1.29 is 9.90 Å². The zero-order chi connectivity index (χ0) is 9.26. The molecule has 4 nitrogen and oxygen atoms in total. The third kappa shape index (κ3) is 1.11. The summed E-state index contributed by atoms with van der Waals surface area (Å²) in [5.41, 5.74) is 1.23. The average Bonchev–Trinajstić information content (AvgIpc) is 2.60. The second-order valence-corrected chi connectivity index (χ2v) is 2.68. The molecule has 0 aromatic carbocycles. The number of fused-ring (bicyclic) bond motifs is 1. The molecule has 0 fully saturated rings. The third-order valence-electron chi connectivity index (χ3n) is 1.98. The first-order chi connectivity index (χ1) is 6.36. The molecular weight excluding hydrogens is 168 g/mol. The lowest BCUT2D eigenvalue weighted by atomic mass is 10.2. The number of carbonyl (C=O) groups is 1. The summed E-state index contributed by atoms with van der Waals surface area (Å²) in [6, 6.07) is 3.42. The Morgan fingerprint density at radius 2 is 2.38 bits per heavy atom. The molecule has 1 N–H and O–H groups in total. The maximum atomic E-state index is 10.6. The molecule has 0 saturated carbocycles. The first-order valence-electron chi connectivity index (χ1n) is 3.86. The number of aromatic nitrogens is 2. The van der Waals surface area contributed by atoms with Crippen LogP contribution in [0.15, 0.2) is 24.5 Å². The van der Waals surface area contributed by atoms with Gasteiger partial charge in [-0.1, -0.05) is 0 Å². The maximum Gasteiger partial charge on any atom is 0.150 e. The number of hydrogen-bond donors (Lipinski definition) is 1. The molecular formula is C9H8N2O2. The molecule has 0 aliphatic heterocycles.